The molecule has 2 rings (SSSR count). The van der Waals surface area contributed by atoms with Crippen molar-refractivity contribution in [1.29, 1.82) is 0 Å². The Hall–Kier alpha value is -1.14. The van der Waals surface area contributed by atoms with Gasteiger partial charge >= 0.3 is 0 Å². The number of para-hydroxylation sites is 1. The molecule has 1 unspecified atom stereocenters. The molecular formula is C14H20N2O2S2. The molecule has 0 radical (unpaired) electrons. The van der Waals surface area contributed by atoms with Crippen molar-refractivity contribution in [2.75, 3.05) is 11.5 Å². The number of benzene rings is 1. The zero-order valence-electron chi connectivity index (χ0n) is 12.0. The van der Waals surface area contributed by atoms with E-state index in [0.717, 1.165) is 16.8 Å². The number of aromatic nitrogens is 2. The van der Waals surface area contributed by atoms with Crippen LogP contribution in [0, 0.1) is 4.77 Å². The Balaban J connectivity index is 2.39. The van der Waals surface area contributed by atoms with E-state index in [1.54, 1.807) is 0 Å². The second kappa shape index (κ2) is 6.54. The predicted molar refractivity (Wildman–Crippen MR) is 86.4 cm³/mol. The number of hydrogen-bond acceptors (Lipinski definition) is 3. The van der Waals surface area contributed by atoms with Gasteiger partial charge in [-0.1, -0.05) is 13.0 Å². The van der Waals surface area contributed by atoms with Crippen LogP contribution in [0.25, 0.3) is 11.0 Å². The number of fused-ring (bicyclic) bond motifs is 1. The molecule has 0 saturated heterocycles. The molecule has 0 aliphatic heterocycles. The van der Waals surface area contributed by atoms with E-state index in [1.807, 2.05) is 43.5 Å². The Morgan fingerprint density at radius 2 is 2.20 bits per heavy atom. The maximum absolute atomic E-state index is 11.6. The molecule has 1 N–H and O–H groups in total. The summed E-state index contributed by atoms with van der Waals surface area (Å²) < 4.78 is 20.0. The maximum atomic E-state index is 11.6. The molecule has 0 spiro atoms. The van der Waals surface area contributed by atoms with Crippen molar-refractivity contribution < 1.29 is 8.95 Å². The molecule has 1 atom stereocenters. The summed E-state index contributed by atoms with van der Waals surface area (Å²) in [4.78, 5) is 3.20. The molecule has 1 aromatic carbocycles. The van der Waals surface area contributed by atoms with E-state index in [4.69, 9.17) is 17.0 Å². The number of hydrogen-bond donors (Lipinski definition) is 1. The fourth-order valence-corrected chi connectivity index (χ4v) is 3.03. The van der Waals surface area contributed by atoms with Crippen molar-refractivity contribution in [2.24, 2.45) is 0 Å². The Morgan fingerprint density at radius 3 is 2.85 bits per heavy atom. The molecule has 1 aromatic heterocycles. The molecule has 6 heteroatoms. The minimum atomic E-state index is -0.790. The molecule has 0 saturated carbocycles. The lowest BCUT2D eigenvalue weighted by atomic mass is 10.3. The first-order valence-corrected chi connectivity index (χ1v) is 8.65. The Labute approximate surface area is 126 Å². The first kappa shape index (κ1) is 15.3. The number of rotatable bonds is 6. The average molecular weight is 312 g/mol. The van der Waals surface area contributed by atoms with Gasteiger partial charge in [0.25, 0.3) is 0 Å². The van der Waals surface area contributed by atoms with E-state index in [0.29, 0.717) is 22.8 Å². The third-order valence-corrected chi connectivity index (χ3v) is 4.60. The number of ether oxygens (including phenoxy) is 1. The van der Waals surface area contributed by atoms with E-state index < -0.39 is 10.8 Å². The van der Waals surface area contributed by atoms with Crippen LogP contribution in [0.2, 0.25) is 0 Å². The molecule has 0 aliphatic rings. The van der Waals surface area contributed by atoms with Gasteiger partial charge in [-0.2, -0.15) is 0 Å². The normalized spacial score (nSPS) is 13.0. The van der Waals surface area contributed by atoms with Gasteiger partial charge in [0.1, 0.15) is 11.3 Å². The lowest BCUT2D eigenvalue weighted by molar-refractivity contribution is 0.245. The average Bonchev–Trinajstić information content (AvgIpc) is 2.72. The van der Waals surface area contributed by atoms with E-state index in [1.165, 1.54) is 0 Å². The molecule has 20 heavy (non-hydrogen) atoms. The van der Waals surface area contributed by atoms with Gasteiger partial charge in [0.15, 0.2) is 4.77 Å². The highest BCUT2D eigenvalue weighted by atomic mass is 32.2. The van der Waals surface area contributed by atoms with Crippen LogP contribution in [0.3, 0.4) is 0 Å². The van der Waals surface area contributed by atoms with Gasteiger partial charge in [0.05, 0.1) is 11.6 Å². The molecular weight excluding hydrogens is 292 g/mol. The number of aromatic amines is 1. The highest BCUT2D eigenvalue weighted by molar-refractivity contribution is 7.84. The van der Waals surface area contributed by atoms with Gasteiger partial charge in [-0.25, -0.2) is 0 Å². The SMILES string of the molecule is CCS(=O)CCn1c(=S)[nH]c2c(OC(C)C)cccc21. The van der Waals surface area contributed by atoms with Crippen molar-refractivity contribution in [2.45, 2.75) is 33.4 Å². The fourth-order valence-electron chi connectivity index (χ4n) is 2.07. The Morgan fingerprint density at radius 1 is 1.45 bits per heavy atom. The van der Waals surface area contributed by atoms with Crippen molar-refractivity contribution in [1.82, 2.24) is 9.55 Å². The number of H-pyrrole nitrogens is 1. The number of nitrogens with zero attached hydrogens (tertiary/aromatic N) is 1. The monoisotopic (exact) mass is 312 g/mol. The van der Waals surface area contributed by atoms with Crippen LogP contribution in [-0.4, -0.2) is 31.4 Å². The first-order valence-electron chi connectivity index (χ1n) is 6.76. The highest BCUT2D eigenvalue weighted by Crippen LogP contribution is 2.25. The second-order valence-corrected chi connectivity index (χ2v) is 7.08. The van der Waals surface area contributed by atoms with Gasteiger partial charge in [-0.05, 0) is 38.2 Å². The van der Waals surface area contributed by atoms with Crippen molar-refractivity contribution in [3.8, 4) is 5.75 Å². The van der Waals surface area contributed by atoms with Gasteiger partial charge in [0, 0.05) is 28.9 Å². The van der Waals surface area contributed by atoms with Crippen molar-refractivity contribution >= 4 is 34.1 Å². The highest BCUT2D eigenvalue weighted by Gasteiger charge is 2.10. The summed E-state index contributed by atoms with van der Waals surface area (Å²) in [6.07, 6.45) is 0.110. The van der Waals surface area contributed by atoms with Gasteiger partial charge < -0.3 is 14.3 Å². The lowest BCUT2D eigenvalue weighted by Gasteiger charge is -2.10. The fraction of sp³-hybridized carbons (Fsp3) is 0.500. The van der Waals surface area contributed by atoms with Crippen LogP contribution < -0.4 is 4.74 Å². The topological polar surface area (TPSA) is 47.0 Å². The smallest absolute Gasteiger partial charge is 0.178 e. The van der Waals surface area contributed by atoms with Gasteiger partial charge in [-0.15, -0.1) is 0 Å². The number of aryl methyl sites for hydroxylation is 1. The minimum absolute atomic E-state index is 0.110. The summed E-state index contributed by atoms with van der Waals surface area (Å²) in [5.74, 6) is 2.10. The summed E-state index contributed by atoms with van der Waals surface area (Å²) >= 11 is 5.37. The third kappa shape index (κ3) is 3.30. The molecule has 0 aliphatic carbocycles. The van der Waals surface area contributed by atoms with Crippen LogP contribution >= 0.6 is 12.2 Å². The Bertz CT molecular complexity index is 673. The third-order valence-electron chi connectivity index (χ3n) is 3.00. The molecule has 110 valence electrons. The summed E-state index contributed by atoms with van der Waals surface area (Å²) in [7, 11) is -0.790. The molecule has 0 bridgehead atoms. The van der Waals surface area contributed by atoms with Gasteiger partial charge in [-0.3, -0.25) is 4.21 Å². The van der Waals surface area contributed by atoms with E-state index in [9.17, 15) is 4.21 Å². The zero-order chi connectivity index (χ0) is 14.7. The standard InChI is InChI=1S/C14H20N2O2S2/c1-4-20(17)9-8-16-11-6-5-7-12(18-10(2)3)13(11)15-14(16)19/h5-7,10H,4,8-9H2,1-3H3,(H,15,19). The van der Waals surface area contributed by atoms with Crippen LogP contribution in [0.5, 0.6) is 5.75 Å². The zero-order valence-corrected chi connectivity index (χ0v) is 13.6. The van der Waals surface area contributed by atoms with Gasteiger partial charge in [0.2, 0.25) is 0 Å². The largest absolute Gasteiger partial charge is 0.489 e. The predicted octanol–water partition coefficient (Wildman–Crippen LogP) is 3.25. The molecule has 2 aromatic rings. The summed E-state index contributed by atoms with van der Waals surface area (Å²) in [6, 6.07) is 5.89. The van der Waals surface area contributed by atoms with Crippen molar-refractivity contribution in [3.63, 3.8) is 0 Å². The molecule has 1 heterocycles. The summed E-state index contributed by atoms with van der Waals surface area (Å²) in [5, 5.41) is 0. The molecule has 0 fully saturated rings. The van der Waals surface area contributed by atoms with Crippen LogP contribution in [0.4, 0.5) is 0 Å². The molecule has 0 amide bonds. The van der Waals surface area contributed by atoms with Crippen LogP contribution in [0.1, 0.15) is 20.8 Å². The minimum Gasteiger partial charge on any atom is -0.489 e. The molecule has 4 nitrogen and oxygen atoms in total. The van der Waals surface area contributed by atoms with E-state index in [-0.39, 0.29) is 6.10 Å². The lowest BCUT2D eigenvalue weighted by Crippen LogP contribution is -2.09. The maximum Gasteiger partial charge on any atom is 0.178 e. The van der Waals surface area contributed by atoms with E-state index in [2.05, 4.69) is 4.98 Å². The van der Waals surface area contributed by atoms with E-state index >= 15 is 0 Å². The summed E-state index contributed by atoms with van der Waals surface area (Å²) in [6.45, 7) is 6.58. The quantitative estimate of drug-likeness (QED) is 0.833. The number of nitrogens with one attached hydrogen (secondary N) is 1. The number of imidazole rings is 1. The summed E-state index contributed by atoms with van der Waals surface area (Å²) in [5.41, 5.74) is 1.91. The Kier molecular flexibility index (Phi) is 4.99. The van der Waals surface area contributed by atoms with Crippen LogP contribution in [0.15, 0.2) is 18.2 Å². The second-order valence-electron chi connectivity index (χ2n) is 4.83. The first-order chi connectivity index (χ1) is 9.52. The van der Waals surface area contributed by atoms with Crippen LogP contribution in [-0.2, 0) is 17.3 Å². The van der Waals surface area contributed by atoms with Crippen molar-refractivity contribution in [3.05, 3.63) is 23.0 Å².